The second kappa shape index (κ2) is 4.14. The molecule has 2 atom stereocenters. The summed E-state index contributed by atoms with van der Waals surface area (Å²) in [6.45, 7) is 5.17. The largest absolute Gasteiger partial charge is 0.362 e. The molecule has 0 N–H and O–H groups in total. The summed E-state index contributed by atoms with van der Waals surface area (Å²) in [6, 6.07) is 1.96. The van der Waals surface area contributed by atoms with Crippen molar-refractivity contribution in [2.45, 2.75) is 37.8 Å². The molecule has 4 heteroatoms. The van der Waals surface area contributed by atoms with Crippen LogP contribution in [0.4, 0.5) is 0 Å². The Kier molecular flexibility index (Phi) is 3.03. The van der Waals surface area contributed by atoms with E-state index in [-0.39, 0.29) is 11.1 Å². The lowest BCUT2D eigenvalue weighted by Crippen LogP contribution is -2.40. The zero-order valence-electron chi connectivity index (χ0n) is 9.19. The summed E-state index contributed by atoms with van der Waals surface area (Å²) in [6.07, 6.45) is 5.78. The number of rotatable bonds is 2. The number of aromatic nitrogens is 2. The first-order valence-corrected chi connectivity index (χ1v) is 5.80. The Bertz CT molecular complexity index is 310. The van der Waals surface area contributed by atoms with Crippen molar-refractivity contribution in [2.24, 2.45) is 5.92 Å². The molecule has 0 amide bonds. The summed E-state index contributed by atoms with van der Waals surface area (Å²) in [7, 11) is 0. The van der Waals surface area contributed by atoms with Gasteiger partial charge in [0.2, 0.25) is 0 Å². The van der Waals surface area contributed by atoms with Crippen molar-refractivity contribution < 1.29 is 4.74 Å². The van der Waals surface area contributed by atoms with Gasteiger partial charge in [-0.1, -0.05) is 11.6 Å². The third-order valence-corrected chi connectivity index (χ3v) is 3.63. The molecule has 0 spiro atoms. The molecule has 84 valence electrons. The fourth-order valence-corrected chi connectivity index (χ4v) is 2.49. The summed E-state index contributed by atoms with van der Waals surface area (Å²) < 4.78 is 7.38. The average molecular weight is 229 g/mol. The quantitative estimate of drug-likeness (QED) is 0.728. The molecule has 2 unspecified atom stereocenters. The molecule has 0 radical (unpaired) electrons. The van der Waals surface area contributed by atoms with Crippen LogP contribution in [-0.2, 0) is 10.3 Å². The normalized spacial score (nSPS) is 27.9. The van der Waals surface area contributed by atoms with Crippen LogP contribution in [0.3, 0.4) is 0 Å². The second-order valence-corrected chi connectivity index (χ2v) is 5.09. The zero-order valence-corrected chi connectivity index (χ0v) is 9.94. The molecule has 0 aliphatic carbocycles. The molecular weight excluding hydrogens is 212 g/mol. The lowest BCUT2D eigenvalue weighted by atomic mass is 9.82. The fraction of sp³-hybridized carbons (Fsp3) is 0.727. The molecule has 1 fully saturated rings. The van der Waals surface area contributed by atoms with Gasteiger partial charge < -0.3 is 4.74 Å². The van der Waals surface area contributed by atoms with E-state index in [1.54, 1.807) is 0 Å². The maximum atomic E-state index is 6.03. The molecule has 15 heavy (non-hydrogen) atoms. The minimum atomic E-state index is -0.140. The van der Waals surface area contributed by atoms with Crippen LogP contribution in [0.25, 0.3) is 0 Å². The number of ether oxygens (including phenoxy) is 1. The SMILES string of the molecule is CC(C)(C1CCOC(Cl)C1)n1cccn1. The molecule has 0 aromatic carbocycles. The molecule has 1 aromatic rings. The third kappa shape index (κ3) is 2.18. The Morgan fingerprint density at radius 1 is 1.53 bits per heavy atom. The van der Waals surface area contributed by atoms with Crippen LogP contribution in [0.1, 0.15) is 26.7 Å². The lowest BCUT2D eigenvalue weighted by Gasteiger charge is -2.38. The van der Waals surface area contributed by atoms with Gasteiger partial charge in [-0.3, -0.25) is 4.68 Å². The summed E-state index contributed by atoms with van der Waals surface area (Å²) in [4.78, 5) is 0. The fourth-order valence-electron chi connectivity index (χ4n) is 2.19. The van der Waals surface area contributed by atoms with Gasteiger partial charge in [0.1, 0.15) is 5.56 Å². The van der Waals surface area contributed by atoms with Crippen molar-refractivity contribution in [3.63, 3.8) is 0 Å². The third-order valence-electron chi connectivity index (χ3n) is 3.33. The van der Waals surface area contributed by atoms with Gasteiger partial charge in [-0.2, -0.15) is 5.10 Å². The first-order valence-electron chi connectivity index (χ1n) is 5.36. The second-order valence-electron chi connectivity index (χ2n) is 4.61. The minimum absolute atomic E-state index is 0.0143. The molecule has 0 bridgehead atoms. The van der Waals surface area contributed by atoms with Gasteiger partial charge in [-0.25, -0.2) is 0 Å². The number of nitrogens with zero attached hydrogens (tertiary/aromatic N) is 2. The maximum Gasteiger partial charge on any atom is 0.131 e. The van der Waals surface area contributed by atoms with E-state index >= 15 is 0 Å². The highest BCUT2D eigenvalue weighted by Gasteiger charge is 2.35. The highest BCUT2D eigenvalue weighted by molar-refractivity contribution is 6.19. The van der Waals surface area contributed by atoms with Crippen LogP contribution in [0.15, 0.2) is 18.5 Å². The van der Waals surface area contributed by atoms with E-state index in [4.69, 9.17) is 16.3 Å². The van der Waals surface area contributed by atoms with Gasteiger partial charge in [0.25, 0.3) is 0 Å². The van der Waals surface area contributed by atoms with E-state index in [0.717, 1.165) is 19.4 Å². The number of hydrogen-bond acceptors (Lipinski definition) is 2. The minimum Gasteiger partial charge on any atom is -0.362 e. The van der Waals surface area contributed by atoms with Crippen LogP contribution in [0, 0.1) is 5.92 Å². The van der Waals surface area contributed by atoms with Crippen molar-refractivity contribution in [2.75, 3.05) is 6.61 Å². The molecule has 2 heterocycles. The van der Waals surface area contributed by atoms with E-state index in [1.807, 2.05) is 23.1 Å². The highest BCUT2D eigenvalue weighted by atomic mass is 35.5. The van der Waals surface area contributed by atoms with Crippen molar-refractivity contribution in [3.05, 3.63) is 18.5 Å². The summed E-state index contributed by atoms with van der Waals surface area (Å²) in [5, 5.41) is 4.32. The Morgan fingerprint density at radius 2 is 2.33 bits per heavy atom. The molecular formula is C11H17ClN2O. The smallest absolute Gasteiger partial charge is 0.131 e. The average Bonchev–Trinajstić information content (AvgIpc) is 2.71. The standard InChI is InChI=1S/C11H17ClN2O/c1-11(2,14-6-3-5-13-14)9-4-7-15-10(12)8-9/h3,5-6,9-10H,4,7-8H2,1-2H3. The predicted octanol–water partition coefficient (Wildman–Crippen LogP) is 2.61. The van der Waals surface area contributed by atoms with Crippen molar-refractivity contribution in [1.29, 1.82) is 0 Å². The maximum absolute atomic E-state index is 6.03. The molecule has 2 rings (SSSR count). The zero-order chi connectivity index (χ0) is 10.9. The summed E-state index contributed by atoms with van der Waals surface area (Å²) >= 11 is 6.03. The van der Waals surface area contributed by atoms with Crippen LogP contribution in [0.5, 0.6) is 0 Å². The lowest BCUT2D eigenvalue weighted by molar-refractivity contribution is 0.00160. The van der Waals surface area contributed by atoms with Gasteiger partial charge in [-0.15, -0.1) is 0 Å². The van der Waals surface area contributed by atoms with E-state index in [2.05, 4.69) is 18.9 Å². The molecule has 1 aliphatic rings. The Labute approximate surface area is 95.4 Å². The molecule has 3 nitrogen and oxygen atoms in total. The van der Waals surface area contributed by atoms with Crippen molar-refractivity contribution >= 4 is 11.6 Å². The Hall–Kier alpha value is -0.540. The molecule has 1 aromatic heterocycles. The van der Waals surface area contributed by atoms with Gasteiger partial charge in [0, 0.05) is 19.0 Å². The summed E-state index contributed by atoms with van der Waals surface area (Å²) in [5.74, 6) is 0.522. The van der Waals surface area contributed by atoms with E-state index in [1.165, 1.54) is 0 Å². The topological polar surface area (TPSA) is 27.1 Å². The van der Waals surface area contributed by atoms with Gasteiger partial charge in [0.05, 0.1) is 5.54 Å². The number of halogens is 1. The van der Waals surface area contributed by atoms with Gasteiger partial charge >= 0.3 is 0 Å². The Morgan fingerprint density at radius 3 is 2.93 bits per heavy atom. The molecule has 1 aliphatic heterocycles. The molecule has 1 saturated heterocycles. The van der Waals surface area contributed by atoms with Crippen molar-refractivity contribution in [1.82, 2.24) is 9.78 Å². The highest BCUT2D eigenvalue weighted by Crippen LogP contribution is 2.35. The van der Waals surface area contributed by atoms with E-state index in [0.29, 0.717) is 5.92 Å². The molecule has 0 saturated carbocycles. The predicted molar refractivity (Wildman–Crippen MR) is 59.9 cm³/mol. The van der Waals surface area contributed by atoms with E-state index in [9.17, 15) is 0 Å². The number of hydrogen-bond donors (Lipinski definition) is 0. The summed E-state index contributed by atoms with van der Waals surface area (Å²) in [5.41, 5.74) is -0.126. The first kappa shape index (κ1) is 11.0. The first-order chi connectivity index (χ1) is 7.10. The Balaban J connectivity index is 2.14. The number of alkyl halides is 1. The van der Waals surface area contributed by atoms with Crippen LogP contribution in [-0.4, -0.2) is 22.0 Å². The monoisotopic (exact) mass is 228 g/mol. The van der Waals surface area contributed by atoms with Gasteiger partial charge in [0.15, 0.2) is 0 Å². The van der Waals surface area contributed by atoms with Crippen LogP contribution < -0.4 is 0 Å². The van der Waals surface area contributed by atoms with Crippen LogP contribution >= 0.6 is 11.6 Å². The van der Waals surface area contributed by atoms with Crippen LogP contribution in [0.2, 0.25) is 0 Å². The van der Waals surface area contributed by atoms with E-state index < -0.39 is 0 Å². The van der Waals surface area contributed by atoms with Crippen molar-refractivity contribution in [3.8, 4) is 0 Å². The van der Waals surface area contributed by atoms with Gasteiger partial charge in [-0.05, 0) is 38.7 Å².